The normalized spacial score (nSPS) is 13.8. The molecule has 1 aliphatic rings. The molecule has 1 aromatic carbocycles. The van der Waals surface area contributed by atoms with Gasteiger partial charge in [0, 0.05) is 25.2 Å². The smallest absolute Gasteiger partial charge is 0.490 e. The van der Waals surface area contributed by atoms with E-state index in [1.54, 1.807) is 7.11 Å². The molecular formula is C16H17F3N2O3. The van der Waals surface area contributed by atoms with E-state index in [1.165, 1.54) is 11.1 Å². The average Bonchev–Trinajstić information content (AvgIpc) is 2.53. The molecule has 0 bridgehead atoms. The fraction of sp³-hybridized carbons (Fsp3) is 0.375. The van der Waals surface area contributed by atoms with Gasteiger partial charge in [-0.05, 0) is 29.7 Å². The third-order valence-corrected chi connectivity index (χ3v) is 3.32. The monoisotopic (exact) mass is 342 g/mol. The van der Waals surface area contributed by atoms with E-state index in [0.29, 0.717) is 12.1 Å². The first-order chi connectivity index (χ1) is 11.2. The molecule has 0 spiro atoms. The van der Waals surface area contributed by atoms with Crippen LogP contribution in [0.3, 0.4) is 0 Å². The van der Waals surface area contributed by atoms with E-state index in [1.807, 2.05) is 6.07 Å². The van der Waals surface area contributed by atoms with Crippen molar-refractivity contribution in [2.45, 2.75) is 19.1 Å². The van der Waals surface area contributed by atoms with Gasteiger partial charge in [0.2, 0.25) is 0 Å². The first-order valence-corrected chi connectivity index (χ1v) is 6.93. The van der Waals surface area contributed by atoms with E-state index in [9.17, 15) is 13.2 Å². The van der Waals surface area contributed by atoms with Crippen LogP contribution in [0, 0.1) is 11.3 Å². The van der Waals surface area contributed by atoms with Gasteiger partial charge in [-0.2, -0.15) is 18.4 Å². The van der Waals surface area contributed by atoms with Crippen LogP contribution < -0.4 is 4.74 Å². The third kappa shape index (κ3) is 5.93. The average molecular weight is 342 g/mol. The number of hydrogen-bond donors (Lipinski definition) is 1. The number of alkyl halides is 3. The van der Waals surface area contributed by atoms with Gasteiger partial charge in [0.25, 0.3) is 0 Å². The summed E-state index contributed by atoms with van der Waals surface area (Å²) >= 11 is 0. The molecule has 1 N–H and O–H groups in total. The lowest BCUT2D eigenvalue weighted by atomic mass is 9.99. The second-order valence-corrected chi connectivity index (χ2v) is 5.11. The molecular weight excluding hydrogens is 325 g/mol. The van der Waals surface area contributed by atoms with Gasteiger partial charge in [-0.3, -0.25) is 4.90 Å². The maximum Gasteiger partial charge on any atom is 0.490 e. The molecule has 0 atom stereocenters. The number of rotatable bonds is 3. The SMILES string of the molecule is C=C(C#N)CN1CCc2cc(OC)ccc2C1.O=C(O)C(F)(F)F. The van der Waals surface area contributed by atoms with Gasteiger partial charge in [0.1, 0.15) is 5.75 Å². The zero-order valence-electron chi connectivity index (χ0n) is 13.1. The number of aliphatic carboxylic acids is 1. The fourth-order valence-corrected chi connectivity index (χ4v) is 2.15. The number of benzene rings is 1. The molecule has 0 aromatic heterocycles. The number of nitrogens with zero attached hydrogens (tertiary/aromatic N) is 2. The van der Waals surface area contributed by atoms with Crippen LogP contribution in [0.2, 0.25) is 0 Å². The summed E-state index contributed by atoms with van der Waals surface area (Å²) in [5.41, 5.74) is 3.30. The molecule has 0 fully saturated rings. The van der Waals surface area contributed by atoms with Crippen molar-refractivity contribution < 1.29 is 27.8 Å². The van der Waals surface area contributed by atoms with E-state index < -0.39 is 12.1 Å². The molecule has 5 nitrogen and oxygen atoms in total. The largest absolute Gasteiger partial charge is 0.497 e. The Balaban J connectivity index is 0.000000351. The Hall–Kier alpha value is -2.53. The summed E-state index contributed by atoms with van der Waals surface area (Å²) in [5, 5.41) is 15.9. The molecule has 2 rings (SSSR count). The Morgan fingerprint density at radius 3 is 2.58 bits per heavy atom. The van der Waals surface area contributed by atoms with E-state index in [2.05, 4.69) is 29.7 Å². The van der Waals surface area contributed by atoms with Crippen molar-refractivity contribution in [1.29, 1.82) is 5.26 Å². The zero-order valence-corrected chi connectivity index (χ0v) is 13.1. The molecule has 0 amide bonds. The first-order valence-electron chi connectivity index (χ1n) is 6.93. The number of halogens is 3. The van der Waals surface area contributed by atoms with Crippen LogP contribution in [0.15, 0.2) is 30.4 Å². The van der Waals surface area contributed by atoms with Crippen molar-refractivity contribution in [2.75, 3.05) is 20.2 Å². The zero-order chi connectivity index (χ0) is 18.3. The summed E-state index contributed by atoms with van der Waals surface area (Å²) in [7, 11) is 1.69. The van der Waals surface area contributed by atoms with Crippen LogP contribution in [0.25, 0.3) is 0 Å². The summed E-state index contributed by atoms with van der Waals surface area (Å²) < 4.78 is 37.0. The van der Waals surface area contributed by atoms with Gasteiger partial charge in [-0.25, -0.2) is 4.79 Å². The Kier molecular flexibility index (Phi) is 6.80. The van der Waals surface area contributed by atoms with Crippen LogP contribution in [0.1, 0.15) is 11.1 Å². The first kappa shape index (κ1) is 19.5. The maximum atomic E-state index is 10.6. The summed E-state index contributed by atoms with van der Waals surface area (Å²) in [6.45, 7) is 6.26. The van der Waals surface area contributed by atoms with Crippen molar-refractivity contribution >= 4 is 5.97 Å². The van der Waals surface area contributed by atoms with Gasteiger partial charge < -0.3 is 9.84 Å². The number of ether oxygens (including phenoxy) is 1. The molecule has 1 aromatic rings. The van der Waals surface area contributed by atoms with Crippen molar-refractivity contribution in [3.05, 3.63) is 41.5 Å². The molecule has 130 valence electrons. The second-order valence-electron chi connectivity index (χ2n) is 5.11. The van der Waals surface area contributed by atoms with E-state index in [4.69, 9.17) is 19.9 Å². The molecule has 0 radical (unpaired) electrons. The Morgan fingerprint density at radius 2 is 2.08 bits per heavy atom. The minimum Gasteiger partial charge on any atom is -0.497 e. The van der Waals surface area contributed by atoms with Crippen molar-refractivity contribution in [3.8, 4) is 11.8 Å². The van der Waals surface area contributed by atoms with Gasteiger partial charge in [-0.1, -0.05) is 12.6 Å². The minimum absolute atomic E-state index is 0.627. The molecule has 1 heterocycles. The highest BCUT2D eigenvalue weighted by atomic mass is 19.4. The minimum atomic E-state index is -5.08. The van der Waals surface area contributed by atoms with Gasteiger partial charge >= 0.3 is 12.1 Å². The van der Waals surface area contributed by atoms with Crippen LogP contribution in [-0.4, -0.2) is 42.4 Å². The molecule has 0 aliphatic carbocycles. The van der Waals surface area contributed by atoms with Crippen LogP contribution >= 0.6 is 0 Å². The standard InChI is InChI=1S/C14H16N2O.C2HF3O2/c1-11(8-15)9-16-6-5-12-7-14(17-2)4-3-13(12)10-16;3-2(4,5)1(6)7/h3-4,7H,1,5-6,9-10H2,2H3;(H,6,7). The van der Waals surface area contributed by atoms with Crippen molar-refractivity contribution in [1.82, 2.24) is 4.90 Å². The number of hydrogen-bond acceptors (Lipinski definition) is 4. The maximum absolute atomic E-state index is 10.6. The number of carboxylic acid groups (broad SMARTS) is 1. The van der Waals surface area contributed by atoms with Crippen molar-refractivity contribution in [2.24, 2.45) is 0 Å². The highest BCUT2D eigenvalue weighted by molar-refractivity contribution is 5.73. The van der Waals surface area contributed by atoms with Crippen LogP contribution in [0.5, 0.6) is 5.75 Å². The predicted molar refractivity (Wildman–Crippen MR) is 80.4 cm³/mol. The van der Waals surface area contributed by atoms with E-state index in [-0.39, 0.29) is 0 Å². The molecule has 1 aliphatic heterocycles. The molecule has 0 saturated heterocycles. The predicted octanol–water partition coefficient (Wildman–Crippen LogP) is 2.77. The summed E-state index contributed by atoms with van der Waals surface area (Å²) in [4.78, 5) is 11.1. The Labute approximate surface area is 137 Å². The molecule has 0 saturated carbocycles. The van der Waals surface area contributed by atoms with Crippen molar-refractivity contribution in [3.63, 3.8) is 0 Å². The van der Waals surface area contributed by atoms with Crippen LogP contribution in [-0.2, 0) is 17.8 Å². The van der Waals surface area contributed by atoms with E-state index >= 15 is 0 Å². The summed E-state index contributed by atoms with van der Waals surface area (Å²) in [6.07, 6.45) is -4.08. The van der Waals surface area contributed by atoms with E-state index in [0.717, 1.165) is 25.3 Å². The summed E-state index contributed by atoms with van der Waals surface area (Å²) in [6, 6.07) is 8.30. The number of methoxy groups -OCH3 is 1. The Bertz CT molecular complexity index is 651. The number of fused-ring (bicyclic) bond motifs is 1. The molecule has 24 heavy (non-hydrogen) atoms. The molecule has 0 unspecified atom stereocenters. The number of carbonyl (C=O) groups is 1. The lowest BCUT2D eigenvalue weighted by Gasteiger charge is -2.28. The van der Waals surface area contributed by atoms with Gasteiger partial charge in [0.05, 0.1) is 13.2 Å². The van der Waals surface area contributed by atoms with Gasteiger partial charge in [0.15, 0.2) is 0 Å². The third-order valence-electron chi connectivity index (χ3n) is 3.32. The highest BCUT2D eigenvalue weighted by Crippen LogP contribution is 2.23. The number of nitriles is 1. The number of carboxylic acids is 1. The highest BCUT2D eigenvalue weighted by Gasteiger charge is 2.38. The second kappa shape index (κ2) is 8.36. The quantitative estimate of drug-likeness (QED) is 0.855. The topological polar surface area (TPSA) is 73.6 Å². The van der Waals surface area contributed by atoms with Crippen LogP contribution in [0.4, 0.5) is 13.2 Å². The Morgan fingerprint density at radius 1 is 1.46 bits per heavy atom. The lowest BCUT2D eigenvalue weighted by molar-refractivity contribution is -0.192. The van der Waals surface area contributed by atoms with Gasteiger partial charge in [-0.15, -0.1) is 0 Å². The molecule has 8 heteroatoms. The summed E-state index contributed by atoms with van der Waals surface area (Å²) in [5.74, 6) is -1.84. The lowest BCUT2D eigenvalue weighted by Crippen LogP contribution is -2.31. The fourth-order valence-electron chi connectivity index (χ4n) is 2.15.